The first-order valence-electron chi connectivity index (χ1n) is 10.1. The van der Waals surface area contributed by atoms with Crippen molar-refractivity contribution in [3.63, 3.8) is 0 Å². The number of halogens is 3. The van der Waals surface area contributed by atoms with E-state index in [0.29, 0.717) is 21.5 Å². The SMILES string of the molecule is Oc1ccc(Cl)cc1N1C(=S)N[C@@H](c2ccccn2)[C@H]1c1cccn1-c1ccc(F)c(Cl)c1. The van der Waals surface area contributed by atoms with E-state index in [1.165, 1.54) is 12.1 Å². The second-order valence-electron chi connectivity index (χ2n) is 7.53. The molecule has 5 rings (SSSR count). The molecule has 9 heteroatoms. The Balaban J connectivity index is 1.70. The summed E-state index contributed by atoms with van der Waals surface area (Å²) >= 11 is 18.0. The first kappa shape index (κ1) is 21.7. The number of hydrogen-bond acceptors (Lipinski definition) is 3. The van der Waals surface area contributed by atoms with E-state index < -0.39 is 11.9 Å². The van der Waals surface area contributed by atoms with E-state index in [4.69, 9.17) is 35.4 Å². The van der Waals surface area contributed by atoms with Crippen LogP contribution in [0.2, 0.25) is 10.0 Å². The van der Waals surface area contributed by atoms with Gasteiger partial charge in [-0.1, -0.05) is 29.3 Å². The summed E-state index contributed by atoms with van der Waals surface area (Å²) in [7, 11) is 0. The Morgan fingerprint density at radius 2 is 1.88 bits per heavy atom. The molecule has 0 spiro atoms. The van der Waals surface area contributed by atoms with E-state index in [0.717, 1.165) is 11.4 Å². The zero-order valence-corrected chi connectivity index (χ0v) is 19.3. The highest BCUT2D eigenvalue weighted by atomic mass is 35.5. The van der Waals surface area contributed by atoms with Crippen molar-refractivity contribution in [1.82, 2.24) is 14.9 Å². The van der Waals surface area contributed by atoms with Crippen molar-refractivity contribution in [2.45, 2.75) is 12.1 Å². The number of aromatic nitrogens is 2. The summed E-state index contributed by atoms with van der Waals surface area (Å²) in [5.74, 6) is -0.451. The third-order valence-electron chi connectivity index (χ3n) is 5.56. The quantitative estimate of drug-likeness (QED) is 0.328. The Labute approximate surface area is 205 Å². The van der Waals surface area contributed by atoms with E-state index >= 15 is 0 Å². The van der Waals surface area contributed by atoms with Crippen LogP contribution in [0, 0.1) is 5.82 Å². The minimum atomic E-state index is -0.491. The summed E-state index contributed by atoms with van der Waals surface area (Å²) in [6, 6.07) is 18.1. The van der Waals surface area contributed by atoms with Gasteiger partial charge >= 0.3 is 0 Å². The normalized spacial score (nSPS) is 17.9. The van der Waals surface area contributed by atoms with Gasteiger partial charge in [0.05, 0.1) is 22.4 Å². The van der Waals surface area contributed by atoms with Crippen molar-refractivity contribution in [2.24, 2.45) is 0 Å². The lowest BCUT2D eigenvalue weighted by Crippen LogP contribution is -2.30. The Bertz CT molecular complexity index is 1350. The second-order valence-corrected chi connectivity index (χ2v) is 8.76. The molecule has 33 heavy (non-hydrogen) atoms. The molecule has 0 radical (unpaired) electrons. The lowest BCUT2D eigenvalue weighted by atomic mass is 10.0. The standard InChI is InChI=1S/C24H17Cl2FN4OS/c25-14-6-9-21(32)20(12-14)31-23(22(29-24(31)33)18-4-1-2-10-28-18)19-5-3-11-30(19)15-7-8-17(27)16(26)13-15/h1-13,22-23,32H,(H,29,33)/t22-,23+/m0/s1. The maximum atomic E-state index is 13.8. The van der Waals surface area contributed by atoms with E-state index in [2.05, 4.69) is 10.3 Å². The van der Waals surface area contributed by atoms with Gasteiger partial charge in [-0.05, 0) is 72.9 Å². The summed E-state index contributed by atoms with van der Waals surface area (Å²) in [6.45, 7) is 0. The smallest absolute Gasteiger partial charge is 0.174 e. The molecule has 1 aliphatic rings. The summed E-state index contributed by atoms with van der Waals surface area (Å²) in [4.78, 5) is 6.36. The van der Waals surface area contributed by atoms with Crippen LogP contribution in [0.15, 0.2) is 79.1 Å². The number of aromatic hydroxyl groups is 1. The van der Waals surface area contributed by atoms with E-state index in [-0.39, 0.29) is 16.8 Å². The number of benzene rings is 2. The fourth-order valence-corrected chi connectivity index (χ4v) is 4.79. The highest BCUT2D eigenvalue weighted by molar-refractivity contribution is 7.80. The fraction of sp³-hybridized carbons (Fsp3) is 0.0833. The maximum Gasteiger partial charge on any atom is 0.174 e. The predicted octanol–water partition coefficient (Wildman–Crippen LogP) is 6.20. The number of rotatable bonds is 4. The van der Waals surface area contributed by atoms with Gasteiger partial charge in [-0.2, -0.15) is 0 Å². The van der Waals surface area contributed by atoms with E-state index in [1.54, 1.807) is 30.5 Å². The summed E-state index contributed by atoms with van der Waals surface area (Å²) < 4.78 is 15.7. The molecule has 0 amide bonds. The minimum absolute atomic E-state index is 0.0258. The average molecular weight is 499 g/mol. The van der Waals surface area contributed by atoms with Crippen LogP contribution in [-0.4, -0.2) is 19.8 Å². The molecule has 0 unspecified atom stereocenters. The van der Waals surface area contributed by atoms with Crippen LogP contribution in [0.25, 0.3) is 5.69 Å². The number of anilines is 1. The number of thiocarbonyl (C=S) groups is 1. The number of phenols is 1. The van der Waals surface area contributed by atoms with Crippen molar-refractivity contribution in [1.29, 1.82) is 0 Å². The van der Waals surface area contributed by atoms with E-state index in [1.807, 2.05) is 46.0 Å². The largest absolute Gasteiger partial charge is 0.506 e. The van der Waals surface area contributed by atoms with Crippen LogP contribution >= 0.6 is 35.4 Å². The van der Waals surface area contributed by atoms with Gasteiger partial charge in [-0.3, -0.25) is 4.98 Å². The zero-order valence-electron chi connectivity index (χ0n) is 17.0. The lowest BCUT2D eigenvalue weighted by Gasteiger charge is -2.29. The molecule has 2 N–H and O–H groups in total. The Kier molecular flexibility index (Phi) is 5.70. The van der Waals surface area contributed by atoms with Gasteiger partial charge in [0.1, 0.15) is 17.6 Å². The van der Waals surface area contributed by atoms with Gasteiger partial charge in [0.25, 0.3) is 0 Å². The van der Waals surface area contributed by atoms with Crippen LogP contribution in [0.4, 0.5) is 10.1 Å². The van der Waals surface area contributed by atoms with Crippen molar-refractivity contribution in [2.75, 3.05) is 4.90 Å². The molecule has 5 nitrogen and oxygen atoms in total. The van der Waals surface area contributed by atoms with Gasteiger partial charge in [0, 0.05) is 28.8 Å². The number of hydrogen-bond donors (Lipinski definition) is 2. The molecule has 2 atom stereocenters. The third-order valence-corrected chi connectivity index (χ3v) is 6.40. The minimum Gasteiger partial charge on any atom is -0.506 e. The number of pyridine rings is 1. The third kappa shape index (κ3) is 3.93. The molecule has 0 bridgehead atoms. The summed E-state index contributed by atoms with van der Waals surface area (Å²) in [5, 5.41) is 14.9. The molecule has 1 saturated heterocycles. The molecule has 4 aromatic rings. The number of nitrogens with zero attached hydrogens (tertiary/aromatic N) is 3. The van der Waals surface area contributed by atoms with E-state index in [9.17, 15) is 9.50 Å². The molecular weight excluding hydrogens is 482 g/mol. The van der Waals surface area contributed by atoms with Crippen LogP contribution in [-0.2, 0) is 0 Å². The van der Waals surface area contributed by atoms with Crippen LogP contribution in [0.1, 0.15) is 23.5 Å². The molecule has 0 aliphatic carbocycles. The highest BCUT2D eigenvalue weighted by Gasteiger charge is 2.43. The van der Waals surface area contributed by atoms with Crippen LogP contribution in [0.5, 0.6) is 5.75 Å². The summed E-state index contributed by atoms with van der Waals surface area (Å²) in [5.41, 5.74) is 2.77. The Morgan fingerprint density at radius 3 is 2.64 bits per heavy atom. The molecule has 2 aromatic carbocycles. The van der Waals surface area contributed by atoms with Crippen LogP contribution in [0.3, 0.4) is 0 Å². The molecule has 0 saturated carbocycles. The van der Waals surface area contributed by atoms with Crippen molar-refractivity contribution in [3.8, 4) is 11.4 Å². The number of phenolic OH excluding ortho intramolecular Hbond substituents is 1. The van der Waals surface area contributed by atoms with Crippen molar-refractivity contribution < 1.29 is 9.50 Å². The molecular formula is C24H17Cl2FN4OS. The molecule has 1 aliphatic heterocycles. The van der Waals surface area contributed by atoms with Crippen molar-refractivity contribution in [3.05, 3.63) is 106 Å². The predicted molar refractivity (Wildman–Crippen MR) is 132 cm³/mol. The maximum absolute atomic E-state index is 13.8. The second kappa shape index (κ2) is 8.67. The molecule has 3 heterocycles. The average Bonchev–Trinajstić information content (AvgIpc) is 3.42. The zero-order chi connectivity index (χ0) is 23.1. The van der Waals surface area contributed by atoms with Gasteiger partial charge in [-0.15, -0.1) is 0 Å². The first-order valence-corrected chi connectivity index (χ1v) is 11.2. The Hall–Kier alpha value is -3.13. The topological polar surface area (TPSA) is 53.3 Å². The van der Waals surface area contributed by atoms with Gasteiger partial charge in [0.15, 0.2) is 5.11 Å². The van der Waals surface area contributed by atoms with Gasteiger partial charge < -0.3 is 19.9 Å². The fourth-order valence-electron chi connectivity index (χ4n) is 4.11. The number of nitrogens with one attached hydrogen (secondary N) is 1. The van der Waals surface area contributed by atoms with Gasteiger partial charge in [0.2, 0.25) is 0 Å². The first-order chi connectivity index (χ1) is 15.9. The lowest BCUT2D eigenvalue weighted by molar-refractivity contribution is 0.472. The Morgan fingerprint density at radius 1 is 1.03 bits per heavy atom. The van der Waals surface area contributed by atoms with Crippen molar-refractivity contribution >= 4 is 46.2 Å². The highest BCUT2D eigenvalue weighted by Crippen LogP contribution is 2.45. The summed E-state index contributed by atoms with van der Waals surface area (Å²) in [6.07, 6.45) is 3.58. The molecule has 1 fully saturated rings. The van der Waals surface area contributed by atoms with Gasteiger partial charge in [-0.25, -0.2) is 4.39 Å². The monoisotopic (exact) mass is 498 g/mol. The van der Waals surface area contributed by atoms with Crippen LogP contribution < -0.4 is 10.2 Å². The molecule has 2 aromatic heterocycles. The molecule has 166 valence electrons.